The molecule has 0 aliphatic rings. The predicted octanol–water partition coefficient (Wildman–Crippen LogP) is 2.77. The van der Waals surface area contributed by atoms with E-state index in [1.807, 2.05) is 0 Å². The Morgan fingerprint density at radius 1 is 1.19 bits per heavy atom. The second kappa shape index (κ2) is 6.78. The first-order chi connectivity index (χ1) is 12.3. The van der Waals surface area contributed by atoms with Gasteiger partial charge in [-0.2, -0.15) is 8.42 Å². The van der Waals surface area contributed by atoms with Gasteiger partial charge in [-0.05, 0) is 17.7 Å². The van der Waals surface area contributed by atoms with E-state index in [9.17, 15) is 27.9 Å². The molecule has 0 spiro atoms. The Hall–Kier alpha value is -2.89. The van der Waals surface area contributed by atoms with E-state index >= 15 is 0 Å². The number of thiazole rings is 1. The van der Waals surface area contributed by atoms with Gasteiger partial charge < -0.3 is 5.32 Å². The normalized spacial score (nSPS) is 12.7. The minimum atomic E-state index is -4.81. The Kier molecular flexibility index (Phi) is 4.68. The van der Waals surface area contributed by atoms with Gasteiger partial charge in [-0.15, -0.1) is 0 Å². The molecule has 1 aromatic heterocycles. The lowest BCUT2D eigenvalue weighted by atomic mass is 10.1. The lowest BCUT2D eigenvalue weighted by Gasteiger charge is -2.13. The first kappa shape index (κ1) is 17.9. The predicted molar refractivity (Wildman–Crippen MR) is 95.6 cm³/mol. The topological polar surface area (TPSA) is 139 Å². The summed E-state index contributed by atoms with van der Waals surface area (Å²) < 4.78 is 33.6. The molecule has 0 bridgehead atoms. The molecule has 2 N–H and O–H groups in total. The van der Waals surface area contributed by atoms with Crippen LogP contribution in [0.3, 0.4) is 0 Å². The van der Waals surface area contributed by atoms with Crippen molar-refractivity contribution in [1.29, 1.82) is 0 Å². The number of anilines is 1. The van der Waals surface area contributed by atoms with Gasteiger partial charge in [0, 0.05) is 12.1 Å². The fraction of sp³-hybridized carbons (Fsp3) is 0.0667. The average molecular weight is 393 g/mol. The van der Waals surface area contributed by atoms with Crippen molar-refractivity contribution in [1.82, 2.24) is 4.98 Å². The number of fused-ring (bicyclic) bond motifs is 1. The van der Waals surface area contributed by atoms with Gasteiger partial charge >= 0.3 is 0 Å². The van der Waals surface area contributed by atoms with Gasteiger partial charge in [0.05, 0.1) is 15.1 Å². The number of amides is 1. The van der Waals surface area contributed by atoms with Crippen LogP contribution in [0.4, 0.5) is 10.8 Å². The summed E-state index contributed by atoms with van der Waals surface area (Å²) in [4.78, 5) is 26.6. The summed E-state index contributed by atoms with van der Waals surface area (Å²) in [5, 5.41) is 11.3. The van der Waals surface area contributed by atoms with E-state index in [2.05, 4.69) is 10.3 Å². The molecule has 0 aliphatic heterocycles. The fourth-order valence-electron chi connectivity index (χ4n) is 2.33. The van der Waals surface area contributed by atoms with Crippen molar-refractivity contribution in [3.8, 4) is 0 Å². The molecule has 1 unspecified atom stereocenters. The van der Waals surface area contributed by atoms with Crippen LogP contribution in [0, 0.1) is 10.1 Å². The Morgan fingerprint density at radius 3 is 2.42 bits per heavy atom. The highest BCUT2D eigenvalue weighted by Gasteiger charge is 2.33. The van der Waals surface area contributed by atoms with Crippen molar-refractivity contribution >= 4 is 48.4 Å². The SMILES string of the molecule is O=C(Nc1nc2ccccc2s1)C(c1ccc([N+](=O)[O-])cc1)S(=O)(=O)O. The number of nitrogens with zero attached hydrogens (tertiary/aromatic N) is 2. The third kappa shape index (κ3) is 3.69. The van der Waals surface area contributed by atoms with Crippen LogP contribution in [0.25, 0.3) is 10.2 Å². The molecule has 1 amide bonds. The van der Waals surface area contributed by atoms with Crippen molar-refractivity contribution in [3.63, 3.8) is 0 Å². The van der Waals surface area contributed by atoms with E-state index in [4.69, 9.17) is 0 Å². The highest BCUT2D eigenvalue weighted by Crippen LogP contribution is 2.29. The third-order valence-corrected chi connectivity index (χ3v) is 5.50. The van der Waals surface area contributed by atoms with Gasteiger partial charge in [0.25, 0.3) is 21.7 Å². The van der Waals surface area contributed by atoms with Crippen LogP contribution >= 0.6 is 11.3 Å². The number of carbonyl (C=O) groups is 1. The van der Waals surface area contributed by atoms with Crippen LogP contribution in [0.1, 0.15) is 10.8 Å². The summed E-state index contributed by atoms with van der Waals surface area (Å²) >= 11 is 1.15. The van der Waals surface area contributed by atoms with E-state index in [0.717, 1.165) is 40.3 Å². The summed E-state index contributed by atoms with van der Waals surface area (Å²) in [6.07, 6.45) is 0. The van der Waals surface area contributed by atoms with Crippen LogP contribution in [-0.4, -0.2) is 28.8 Å². The number of carbonyl (C=O) groups excluding carboxylic acids is 1. The molecule has 3 rings (SSSR count). The zero-order valence-corrected chi connectivity index (χ0v) is 14.5. The first-order valence-corrected chi connectivity index (χ1v) is 9.45. The van der Waals surface area contributed by atoms with Crippen LogP contribution in [0.15, 0.2) is 48.5 Å². The summed E-state index contributed by atoms with van der Waals surface area (Å²) in [7, 11) is -4.81. The van der Waals surface area contributed by atoms with E-state index in [1.54, 1.807) is 24.3 Å². The van der Waals surface area contributed by atoms with Gasteiger partial charge in [-0.25, -0.2) is 4.98 Å². The van der Waals surface area contributed by atoms with Crippen molar-refractivity contribution in [2.75, 3.05) is 5.32 Å². The number of nitro groups is 1. The Labute approximate surface area is 151 Å². The zero-order chi connectivity index (χ0) is 18.9. The molecule has 0 radical (unpaired) electrons. The first-order valence-electron chi connectivity index (χ1n) is 7.13. The number of benzene rings is 2. The number of non-ortho nitro benzene ring substituents is 1. The second-order valence-corrected chi connectivity index (χ2v) is 7.75. The molecular formula is C15H11N3O6S2. The number of aromatic nitrogens is 1. The zero-order valence-electron chi connectivity index (χ0n) is 12.9. The lowest BCUT2D eigenvalue weighted by Crippen LogP contribution is -2.27. The van der Waals surface area contributed by atoms with Gasteiger partial charge in [0.1, 0.15) is 0 Å². The van der Waals surface area contributed by atoms with Crippen LogP contribution in [0.5, 0.6) is 0 Å². The van der Waals surface area contributed by atoms with Crippen molar-refractivity contribution < 1.29 is 22.7 Å². The summed E-state index contributed by atoms with van der Waals surface area (Å²) in [5.74, 6) is -1.01. The van der Waals surface area contributed by atoms with Crippen molar-refractivity contribution in [2.24, 2.45) is 0 Å². The van der Waals surface area contributed by atoms with Crippen LogP contribution in [0.2, 0.25) is 0 Å². The number of rotatable bonds is 5. The van der Waals surface area contributed by atoms with E-state index < -0.39 is 26.2 Å². The number of hydrogen-bond acceptors (Lipinski definition) is 7. The van der Waals surface area contributed by atoms with Gasteiger partial charge in [0.2, 0.25) is 0 Å². The van der Waals surface area contributed by atoms with Crippen LogP contribution < -0.4 is 5.32 Å². The van der Waals surface area contributed by atoms with E-state index in [0.29, 0.717) is 5.52 Å². The summed E-state index contributed by atoms with van der Waals surface area (Å²) in [6.45, 7) is 0. The Balaban J connectivity index is 1.92. The molecule has 11 heteroatoms. The number of para-hydroxylation sites is 1. The number of nitro benzene ring substituents is 1. The molecule has 134 valence electrons. The highest BCUT2D eigenvalue weighted by atomic mass is 32.2. The average Bonchev–Trinajstić information content (AvgIpc) is 2.96. The third-order valence-electron chi connectivity index (χ3n) is 3.47. The second-order valence-electron chi connectivity index (χ2n) is 5.22. The molecule has 1 atom stereocenters. The van der Waals surface area contributed by atoms with Crippen molar-refractivity contribution in [3.05, 3.63) is 64.2 Å². The quantitative estimate of drug-likeness (QED) is 0.386. The lowest BCUT2D eigenvalue weighted by molar-refractivity contribution is -0.384. The van der Waals surface area contributed by atoms with Gasteiger partial charge in [-0.3, -0.25) is 19.5 Å². The Morgan fingerprint density at radius 2 is 1.85 bits per heavy atom. The highest BCUT2D eigenvalue weighted by molar-refractivity contribution is 7.86. The Bertz CT molecular complexity index is 1060. The van der Waals surface area contributed by atoms with Gasteiger partial charge in [0.15, 0.2) is 10.4 Å². The smallest absolute Gasteiger partial charge is 0.281 e. The van der Waals surface area contributed by atoms with E-state index in [-0.39, 0.29) is 16.4 Å². The molecule has 9 nitrogen and oxygen atoms in total. The minimum Gasteiger partial charge on any atom is -0.300 e. The molecule has 0 saturated heterocycles. The van der Waals surface area contributed by atoms with E-state index in [1.165, 1.54) is 0 Å². The van der Waals surface area contributed by atoms with Gasteiger partial charge in [-0.1, -0.05) is 35.6 Å². The number of hydrogen-bond donors (Lipinski definition) is 2. The minimum absolute atomic E-state index is 0.100. The van der Waals surface area contributed by atoms with Crippen molar-refractivity contribution in [2.45, 2.75) is 5.25 Å². The molecule has 26 heavy (non-hydrogen) atoms. The molecule has 0 fully saturated rings. The monoisotopic (exact) mass is 393 g/mol. The maximum absolute atomic E-state index is 12.4. The summed E-state index contributed by atoms with van der Waals surface area (Å²) in [6, 6.07) is 11.4. The fourth-order valence-corrected chi connectivity index (χ4v) is 4.03. The number of nitrogens with one attached hydrogen (secondary N) is 1. The molecule has 2 aromatic carbocycles. The molecule has 1 heterocycles. The standard InChI is InChI=1S/C15H11N3O6S2/c19-14(17-15-16-11-3-1-2-4-12(11)25-15)13(26(22,23)24)9-5-7-10(8-6-9)18(20)21/h1-8,13H,(H,16,17,19)(H,22,23,24). The molecule has 3 aromatic rings. The molecular weight excluding hydrogens is 382 g/mol. The maximum Gasteiger partial charge on any atom is 0.281 e. The molecule has 0 aliphatic carbocycles. The summed E-state index contributed by atoms with van der Waals surface area (Å²) in [5.41, 5.74) is 0.262. The maximum atomic E-state index is 12.4. The largest absolute Gasteiger partial charge is 0.300 e. The van der Waals surface area contributed by atoms with Crippen LogP contribution in [-0.2, 0) is 14.9 Å². The molecule has 0 saturated carbocycles.